The van der Waals surface area contributed by atoms with E-state index in [-0.39, 0.29) is 12.5 Å². The Morgan fingerprint density at radius 1 is 1.18 bits per heavy atom. The molecule has 0 bridgehead atoms. The molecule has 5 heteroatoms. The first-order valence-corrected chi connectivity index (χ1v) is 6.92. The summed E-state index contributed by atoms with van der Waals surface area (Å²) in [5.41, 5.74) is 4.30. The summed E-state index contributed by atoms with van der Waals surface area (Å²) in [6.07, 6.45) is 1.57. The van der Waals surface area contributed by atoms with Gasteiger partial charge < -0.3 is 9.64 Å². The number of nitrogens with zero attached hydrogens (tertiary/aromatic N) is 2. The molecule has 0 saturated carbocycles. The predicted octanol–water partition coefficient (Wildman–Crippen LogP) is 2.28. The topological polar surface area (TPSA) is 53.9 Å². The fourth-order valence-electron chi connectivity index (χ4n) is 1.97. The molecule has 2 rings (SSSR count). The van der Waals surface area contributed by atoms with Crippen LogP contribution in [0.4, 0.5) is 5.69 Å². The summed E-state index contributed by atoms with van der Waals surface area (Å²) < 4.78 is 5.21. The van der Waals surface area contributed by atoms with Crippen LogP contribution in [0.3, 0.4) is 0 Å². The zero-order chi connectivity index (χ0) is 15.8. The van der Waals surface area contributed by atoms with E-state index < -0.39 is 0 Å². The van der Waals surface area contributed by atoms with Gasteiger partial charge in [0, 0.05) is 18.3 Å². The minimum Gasteiger partial charge on any atom is -0.496 e. The maximum Gasteiger partial charge on any atom is 0.259 e. The molecular weight excluding hydrogens is 278 g/mol. The minimum absolute atomic E-state index is 0.183. The summed E-state index contributed by atoms with van der Waals surface area (Å²) in [6, 6.07) is 17.2. The van der Waals surface area contributed by atoms with Crippen molar-refractivity contribution in [3.8, 4) is 5.75 Å². The summed E-state index contributed by atoms with van der Waals surface area (Å²) in [5.74, 6) is 0.527. The lowest BCUT2D eigenvalue weighted by atomic mass is 10.2. The number of hydrogen-bond acceptors (Lipinski definition) is 4. The predicted molar refractivity (Wildman–Crippen MR) is 88.4 cm³/mol. The number of anilines is 1. The van der Waals surface area contributed by atoms with Gasteiger partial charge in [-0.05, 0) is 24.3 Å². The quantitative estimate of drug-likeness (QED) is 0.657. The summed E-state index contributed by atoms with van der Waals surface area (Å²) in [5, 5.41) is 3.97. The first-order chi connectivity index (χ1) is 10.7. The largest absolute Gasteiger partial charge is 0.496 e. The first-order valence-electron chi connectivity index (χ1n) is 6.92. The SMILES string of the molecule is COc1ccccc1/C=N/NC(=O)CN(C)c1ccccc1. The van der Waals surface area contributed by atoms with Gasteiger partial charge in [-0.25, -0.2) is 5.43 Å². The summed E-state index contributed by atoms with van der Waals surface area (Å²) in [4.78, 5) is 13.7. The second kappa shape index (κ2) is 7.83. The van der Waals surface area contributed by atoms with E-state index in [9.17, 15) is 4.79 Å². The number of ether oxygens (including phenoxy) is 1. The number of hydrogen-bond donors (Lipinski definition) is 1. The van der Waals surface area contributed by atoms with E-state index in [1.165, 1.54) is 0 Å². The van der Waals surface area contributed by atoms with Crippen molar-refractivity contribution >= 4 is 17.8 Å². The average molecular weight is 297 g/mol. The van der Waals surface area contributed by atoms with Crippen molar-refractivity contribution in [2.24, 2.45) is 5.10 Å². The average Bonchev–Trinajstić information content (AvgIpc) is 2.56. The Bertz CT molecular complexity index is 641. The third-order valence-corrected chi connectivity index (χ3v) is 3.11. The van der Waals surface area contributed by atoms with Crippen LogP contribution in [0.5, 0.6) is 5.75 Å². The van der Waals surface area contributed by atoms with Crippen LogP contribution in [-0.2, 0) is 4.79 Å². The molecule has 0 unspecified atom stereocenters. The zero-order valence-electron chi connectivity index (χ0n) is 12.7. The Morgan fingerprint density at radius 2 is 1.86 bits per heavy atom. The van der Waals surface area contributed by atoms with Crippen molar-refractivity contribution in [3.63, 3.8) is 0 Å². The number of amides is 1. The van der Waals surface area contributed by atoms with Crippen molar-refractivity contribution in [3.05, 3.63) is 60.2 Å². The maximum atomic E-state index is 11.9. The van der Waals surface area contributed by atoms with E-state index >= 15 is 0 Å². The van der Waals surface area contributed by atoms with Crippen molar-refractivity contribution in [1.82, 2.24) is 5.43 Å². The second-order valence-electron chi connectivity index (χ2n) is 4.73. The van der Waals surface area contributed by atoms with Crippen LogP contribution in [0.2, 0.25) is 0 Å². The molecule has 0 saturated heterocycles. The molecule has 0 aliphatic heterocycles. The van der Waals surface area contributed by atoms with Gasteiger partial charge >= 0.3 is 0 Å². The van der Waals surface area contributed by atoms with Crippen molar-refractivity contribution < 1.29 is 9.53 Å². The number of nitrogens with one attached hydrogen (secondary N) is 1. The first kappa shape index (κ1) is 15.6. The van der Waals surface area contributed by atoms with Crippen molar-refractivity contribution in [2.75, 3.05) is 25.6 Å². The highest BCUT2D eigenvalue weighted by atomic mass is 16.5. The fraction of sp³-hybridized carbons (Fsp3) is 0.176. The Kier molecular flexibility index (Phi) is 5.54. The van der Waals surface area contributed by atoms with E-state index in [4.69, 9.17) is 4.74 Å². The minimum atomic E-state index is -0.183. The van der Waals surface area contributed by atoms with Crippen LogP contribution in [-0.4, -0.2) is 32.8 Å². The molecule has 0 aliphatic carbocycles. The zero-order valence-corrected chi connectivity index (χ0v) is 12.7. The van der Waals surface area contributed by atoms with E-state index in [0.29, 0.717) is 5.75 Å². The van der Waals surface area contributed by atoms with Gasteiger partial charge in [0.2, 0.25) is 0 Å². The molecular formula is C17H19N3O2. The highest BCUT2D eigenvalue weighted by molar-refractivity contribution is 5.86. The standard InChI is InChI=1S/C17H19N3O2/c1-20(15-9-4-3-5-10-15)13-17(21)19-18-12-14-8-6-7-11-16(14)22-2/h3-12H,13H2,1-2H3,(H,19,21)/b18-12+. The Morgan fingerprint density at radius 3 is 2.59 bits per heavy atom. The smallest absolute Gasteiger partial charge is 0.259 e. The summed E-state index contributed by atoms with van der Waals surface area (Å²) in [7, 11) is 3.46. The molecule has 0 radical (unpaired) electrons. The molecule has 0 fully saturated rings. The molecule has 1 amide bonds. The number of rotatable bonds is 6. The molecule has 114 valence electrons. The van der Waals surface area contributed by atoms with Crippen LogP contribution < -0.4 is 15.1 Å². The van der Waals surface area contributed by atoms with Crippen LogP contribution in [0, 0.1) is 0 Å². The molecule has 2 aromatic rings. The van der Waals surface area contributed by atoms with Gasteiger partial charge in [0.1, 0.15) is 5.75 Å². The Labute approximate surface area is 130 Å². The normalized spacial score (nSPS) is 10.5. The Balaban J connectivity index is 1.89. The molecule has 0 spiro atoms. The van der Waals surface area contributed by atoms with Gasteiger partial charge in [-0.1, -0.05) is 30.3 Å². The van der Waals surface area contributed by atoms with E-state index in [1.807, 2.05) is 66.5 Å². The van der Waals surface area contributed by atoms with Gasteiger partial charge in [0.15, 0.2) is 0 Å². The number of methoxy groups -OCH3 is 1. The van der Waals surface area contributed by atoms with Gasteiger partial charge in [-0.3, -0.25) is 4.79 Å². The molecule has 22 heavy (non-hydrogen) atoms. The van der Waals surface area contributed by atoms with Crippen LogP contribution >= 0.6 is 0 Å². The van der Waals surface area contributed by atoms with E-state index in [1.54, 1.807) is 13.3 Å². The van der Waals surface area contributed by atoms with Crippen LogP contribution in [0.15, 0.2) is 59.7 Å². The van der Waals surface area contributed by atoms with Crippen LogP contribution in [0.25, 0.3) is 0 Å². The number of hydrazone groups is 1. The molecule has 1 N–H and O–H groups in total. The van der Waals surface area contributed by atoms with Crippen molar-refractivity contribution in [2.45, 2.75) is 0 Å². The number of likely N-dealkylation sites (N-methyl/N-ethyl adjacent to an activating group) is 1. The highest BCUT2D eigenvalue weighted by Gasteiger charge is 2.06. The second-order valence-corrected chi connectivity index (χ2v) is 4.73. The molecule has 5 nitrogen and oxygen atoms in total. The highest BCUT2D eigenvalue weighted by Crippen LogP contribution is 2.14. The van der Waals surface area contributed by atoms with Gasteiger partial charge in [0.05, 0.1) is 19.9 Å². The third kappa shape index (κ3) is 4.34. The lowest BCUT2D eigenvalue weighted by Crippen LogP contribution is -2.32. The van der Waals surface area contributed by atoms with Crippen LogP contribution in [0.1, 0.15) is 5.56 Å². The Hall–Kier alpha value is -2.82. The monoisotopic (exact) mass is 297 g/mol. The third-order valence-electron chi connectivity index (χ3n) is 3.11. The number of carbonyl (C=O) groups excluding carboxylic acids is 1. The fourth-order valence-corrected chi connectivity index (χ4v) is 1.97. The summed E-state index contributed by atoms with van der Waals surface area (Å²) in [6.45, 7) is 0.229. The number of carbonyl (C=O) groups is 1. The summed E-state index contributed by atoms with van der Waals surface area (Å²) >= 11 is 0. The van der Waals surface area contributed by atoms with Crippen molar-refractivity contribution in [1.29, 1.82) is 0 Å². The van der Waals surface area contributed by atoms with E-state index in [0.717, 1.165) is 11.3 Å². The van der Waals surface area contributed by atoms with Gasteiger partial charge in [-0.2, -0.15) is 5.10 Å². The lowest BCUT2D eigenvalue weighted by molar-refractivity contribution is -0.119. The molecule has 2 aromatic carbocycles. The number of benzene rings is 2. The molecule has 0 heterocycles. The van der Waals surface area contributed by atoms with Gasteiger partial charge in [-0.15, -0.1) is 0 Å². The molecule has 0 atom stereocenters. The maximum absolute atomic E-state index is 11.9. The lowest BCUT2D eigenvalue weighted by Gasteiger charge is -2.17. The number of para-hydroxylation sites is 2. The van der Waals surface area contributed by atoms with E-state index in [2.05, 4.69) is 10.5 Å². The van der Waals surface area contributed by atoms with Gasteiger partial charge in [0.25, 0.3) is 5.91 Å². The molecule has 0 aromatic heterocycles. The molecule has 0 aliphatic rings.